The number of hydrogen-bond acceptors (Lipinski definition) is 3. The van der Waals surface area contributed by atoms with E-state index in [1.165, 1.54) is 16.3 Å². The van der Waals surface area contributed by atoms with Gasteiger partial charge in [-0.3, -0.25) is 4.98 Å². The minimum Gasteiger partial charge on any atom is -0.456 e. The van der Waals surface area contributed by atoms with Crippen LogP contribution in [0.1, 0.15) is 0 Å². The van der Waals surface area contributed by atoms with E-state index in [0.29, 0.717) is 0 Å². The molecule has 0 atom stereocenters. The van der Waals surface area contributed by atoms with Crippen molar-refractivity contribution in [3.05, 3.63) is 121 Å². The molecule has 0 saturated carbocycles. The molecule has 0 radical (unpaired) electrons. The van der Waals surface area contributed by atoms with Gasteiger partial charge in [-0.05, 0) is 70.6 Å². The van der Waals surface area contributed by atoms with E-state index in [4.69, 9.17) is 9.72 Å². The third-order valence-electron chi connectivity index (χ3n) is 6.53. The van der Waals surface area contributed by atoms with E-state index < -0.39 is 0 Å². The number of pyridine rings is 2. The van der Waals surface area contributed by atoms with Crippen LogP contribution in [0.4, 0.5) is 0 Å². The summed E-state index contributed by atoms with van der Waals surface area (Å²) in [5, 5.41) is 2.37. The maximum absolute atomic E-state index is 6.37. The van der Waals surface area contributed by atoms with Crippen LogP contribution in [0.2, 0.25) is 0 Å². The van der Waals surface area contributed by atoms with Gasteiger partial charge in [0.25, 0.3) is 0 Å². The molecule has 1 aliphatic heterocycles. The van der Waals surface area contributed by atoms with Crippen molar-refractivity contribution in [3.8, 4) is 56.4 Å². The van der Waals surface area contributed by atoms with E-state index >= 15 is 0 Å². The fraction of sp³-hybridized carbons (Fsp3) is 0. The second kappa shape index (κ2) is 7.93. The van der Waals surface area contributed by atoms with Gasteiger partial charge >= 0.3 is 0 Å². The van der Waals surface area contributed by atoms with Crippen LogP contribution in [0, 0.1) is 0 Å². The zero-order chi connectivity index (χ0) is 23.2. The first-order chi connectivity index (χ1) is 17.3. The Morgan fingerprint density at radius 3 is 2.17 bits per heavy atom. The average Bonchev–Trinajstić information content (AvgIpc) is 2.94. The molecular formula is C32H20N2O. The molecule has 35 heavy (non-hydrogen) atoms. The number of hydrogen-bond donors (Lipinski definition) is 0. The molecule has 0 spiro atoms. The quantitative estimate of drug-likeness (QED) is 0.272. The summed E-state index contributed by atoms with van der Waals surface area (Å²) in [7, 11) is 0. The highest BCUT2D eigenvalue weighted by molar-refractivity contribution is 6.04. The molecule has 3 heterocycles. The van der Waals surface area contributed by atoms with Crippen molar-refractivity contribution in [3.63, 3.8) is 0 Å². The van der Waals surface area contributed by atoms with Crippen LogP contribution in [-0.2, 0) is 0 Å². The van der Waals surface area contributed by atoms with Crippen molar-refractivity contribution in [2.24, 2.45) is 0 Å². The third-order valence-corrected chi connectivity index (χ3v) is 6.53. The molecule has 0 amide bonds. The Hall–Kier alpha value is -4.76. The van der Waals surface area contributed by atoms with Crippen LogP contribution < -0.4 is 4.74 Å². The average molecular weight is 449 g/mol. The number of fused-ring (bicyclic) bond motifs is 2. The van der Waals surface area contributed by atoms with Crippen molar-refractivity contribution in [1.82, 2.24) is 9.97 Å². The Morgan fingerprint density at radius 2 is 1.26 bits per heavy atom. The second-order valence-corrected chi connectivity index (χ2v) is 8.68. The maximum Gasteiger partial charge on any atom is 0.135 e. The van der Waals surface area contributed by atoms with Gasteiger partial charge in [-0.2, -0.15) is 0 Å². The molecular weight excluding hydrogens is 428 g/mol. The third kappa shape index (κ3) is 3.37. The summed E-state index contributed by atoms with van der Waals surface area (Å²) in [5.74, 6) is 1.79. The first-order valence-corrected chi connectivity index (χ1v) is 11.7. The van der Waals surface area contributed by atoms with Gasteiger partial charge < -0.3 is 4.74 Å². The summed E-state index contributed by atoms with van der Waals surface area (Å²) in [6.07, 6.45) is 1.79. The predicted octanol–water partition coefficient (Wildman–Crippen LogP) is 8.40. The van der Waals surface area contributed by atoms with Crippen LogP contribution in [0.5, 0.6) is 11.5 Å². The predicted molar refractivity (Wildman–Crippen MR) is 141 cm³/mol. The first-order valence-electron chi connectivity index (χ1n) is 11.7. The summed E-state index contributed by atoms with van der Waals surface area (Å²) < 4.78 is 6.37. The molecule has 4 aromatic carbocycles. The Kier molecular flexibility index (Phi) is 4.46. The van der Waals surface area contributed by atoms with E-state index in [0.717, 1.165) is 50.8 Å². The SMILES string of the molecule is c1ccc(-c2cccc(-c3cccc(-c4ccc5c(c4)Oc4cccc6cccc-5c46)c3)n2)nc1. The lowest BCUT2D eigenvalue weighted by molar-refractivity contribution is 0.487. The lowest BCUT2D eigenvalue weighted by Gasteiger charge is -2.22. The fourth-order valence-corrected chi connectivity index (χ4v) is 4.85. The number of benzene rings is 4. The van der Waals surface area contributed by atoms with Crippen LogP contribution in [-0.4, -0.2) is 9.97 Å². The highest BCUT2D eigenvalue weighted by atomic mass is 16.5. The summed E-state index contributed by atoms with van der Waals surface area (Å²) in [6, 6.07) is 39.6. The summed E-state index contributed by atoms with van der Waals surface area (Å²) >= 11 is 0. The number of nitrogens with zero attached hydrogens (tertiary/aromatic N) is 2. The van der Waals surface area contributed by atoms with E-state index in [2.05, 4.69) is 71.7 Å². The molecule has 3 heteroatoms. The molecule has 0 bridgehead atoms. The van der Waals surface area contributed by atoms with Crippen LogP contribution in [0.15, 0.2) is 121 Å². The largest absolute Gasteiger partial charge is 0.456 e. The second-order valence-electron chi connectivity index (χ2n) is 8.68. The smallest absolute Gasteiger partial charge is 0.135 e. The lowest BCUT2D eigenvalue weighted by atomic mass is 9.92. The molecule has 0 aliphatic carbocycles. The number of aromatic nitrogens is 2. The van der Waals surface area contributed by atoms with Gasteiger partial charge in [0, 0.05) is 22.7 Å². The van der Waals surface area contributed by atoms with Gasteiger partial charge in [-0.25, -0.2) is 4.98 Å². The van der Waals surface area contributed by atoms with Crippen LogP contribution in [0.3, 0.4) is 0 Å². The molecule has 1 aliphatic rings. The molecule has 0 unspecified atom stereocenters. The molecule has 7 rings (SSSR count). The van der Waals surface area contributed by atoms with Crippen molar-refractivity contribution in [2.45, 2.75) is 0 Å². The number of rotatable bonds is 3. The molecule has 2 aromatic heterocycles. The lowest BCUT2D eigenvalue weighted by Crippen LogP contribution is -1.97. The molecule has 0 saturated heterocycles. The Morgan fingerprint density at radius 1 is 0.486 bits per heavy atom. The fourth-order valence-electron chi connectivity index (χ4n) is 4.85. The summed E-state index contributed by atoms with van der Waals surface area (Å²) in [6.45, 7) is 0. The molecule has 0 fully saturated rings. The van der Waals surface area contributed by atoms with E-state index in [-0.39, 0.29) is 0 Å². The zero-order valence-corrected chi connectivity index (χ0v) is 18.8. The highest BCUT2D eigenvalue weighted by Gasteiger charge is 2.20. The Labute approximate surface area is 203 Å². The van der Waals surface area contributed by atoms with Crippen LogP contribution >= 0.6 is 0 Å². The van der Waals surface area contributed by atoms with E-state index in [1.807, 2.05) is 48.5 Å². The van der Waals surface area contributed by atoms with Crippen molar-refractivity contribution < 1.29 is 4.74 Å². The molecule has 164 valence electrons. The molecule has 3 nitrogen and oxygen atoms in total. The van der Waals surface area contributed by atoms with Gasteiger partial charge in [-0.1, -0.05) is 66.7 Å². The van der Waals surface area contributed by atoms with Gasteiger partial charge in [0.15, 0.2) is 0 Å². The minimum atomic E-state index is 0.864. The van der Waals surface area contributed by atoms with Crippen molar-refractivity contribution in [1.29, 1.82) is 0 Å². The van der Waals surface area contributed by atoms with E-state index in [1.54, 1.807) is 6.20 Å². The van der Waals surface area contributed by atoms with Gasteiger partial charge in [0.2, 0.25) is 0 Å². The Balaban J connectivity index is 1.29. The van der Waals surface area contributed by atoms with Crippen molar-refractivity contribution in [2.75, 3.05) is 0 Å². The van der Waals surface area contributed by atoms with Gasteiger partial charge in [0.1, 0.15) is 11.5 Å². The van der Waals surface area contributed by atoms with Gasteiger partial charge in [0.05, 0.1) is 17.1 Å². The molecule has 6 aromatic rings. The summed E-state index contributed by atoms with van der Waals surface area (Å²) in [4.78, 5) is 9.32. The minimum absolute atomic E-state index is 0.864. The van der Waals surface area contributed by atoms with Crippen LogP contribution in [0.25, 0.3) is 55.7 Å². The number of ether oxygens (including phenoxy) is 1. The monoisotopic (exact) mass is 448 g/mol. The highest BCUT2D eigenvalue weighted by Crippen LogP contribution is 2.47. The van der Waals surface area contributed by atoms with E-state index in [9.17, 15) is 0 Å². The van der Waals surface area contributed by atoms with Crippen molar-refractivity contribution >= 4 is 10.8 Å². The Bertz CT molecular complexity index is 1720. The standard InChI is InChI=1S/C32H20N2O/c1-2-18-33-28(12-1)29-14-6-13-27(34-29)24-10-3-9-22(19-24)23-16-17-25-26-11-4-7-21-8-5-15-30(32(21)26)35-31(25)20-23/h1-20H. The maximum atomic E-state index is 6.37. The zero-order valence-electron chi connectivity index (χ0n) is 18.8. The van der Waals surface area contributed by atoms with Gasteiger partial charge in [-0.15, -0.1) is 0 Å². The molecule has 0 N–H and O–H groups in total. The summed E-state index contributed by atoms with van der Waals surface area (Å²) in [5.41, 5.74) is 8.29. The normalized spacial score (nSPS) is 11.7. The topological polar surface area (TPSA) is 35.0 Å². The first kappa shape index (κ1) is 19.7.